The lowest BCUT2D eigenvalue weighted by molar-refractivity contribution is -0.887. The Morgan fingerprint density at radius 3 is 1.25 bits per heavy atom. The second kappa shape index (κ2) is 46.3. The predicted octanol–water partition coefficient (Wildman–Crippen LogP) is 15.6. The quantitative estimate of drug-likeness (QED) is 0.0281. The first-order valence-electron chi connectivity index (χ1n) is 26.9. The van der Waals surface area contributed by atoms with Crippen molar-refractivity contribution >= 4 is 17.9 Å². The minimum Gasteiger partial charge on any atom is -0.477 e. The third kappa shape index (κ3) is 44.8. The van der Waals surface area contributed by atoms with E-state index in [1.165, 1.54) is 173 Å². The van der Waals surface area contributed by atoms with Crippen LogP contribution in [0.4, 0.5) is 0 Å². The summed E-state index contributed by atoms with van der Waals surface area (Å²) in [6.07, 6.45) is 53.7. The van der Waals surface area contributed by atoms with Gasteiger partial charge in [-0.05, 0) is 44.9 Å². The molecule has 0 bridgehead atoms. The number of rotatable bonds is 49. The second-order valence-electron chi connectivity index (χ2n) is 19.5. The van der Waals surface area contributed by atoms with Crippen LogP contribution in [0.2, 0.25) is 0 Å². The van der Waals surface area contributed by atoms with Gasteiger partial charge in [-0.3, -0.25) is 9.59 Å². The monoisotopic (exact) mass is 891 g/mol. The van der Waals surface area contributed by atoms with E-state index in [-0.39, 0.29) is 36.2 Å². The standard InChI is InChI=1S/C55H103NO7/c1-6-8-10-12-14-16-18-20-22-24-25-26-27-28-30-31-33-35-37-39-41-43-45-53(57)62-50-51(49-61-48-47-52(55(59)60)56(3,4)5)63-54(58)46-44-42-40-38-36-34-32-29-23-21-19-17-15-13-11-9-7-2/h15,17,21,23,51-52H,6-14,16,18-20,22,24-50H2,1-5H3/p+1/b17-15+,23-21+. The van der Waals surface area contributed by atoms with Crippen LogP contribution in [-0.4, -0.2) is 80.6 Å². The number of allylic oxidation sites excluding steroid dienone is 4. The summed E-state index contributed by atoms with van der Waals surface area (Å²) in [5.41, 5.74) is 0. The summed E-state index contributed by atoms with van der Waals surface area (Å²) in [6, 6.07) is -0.614. The summed E-state index contributed by atoms with van der Waals surface area (Å²) in [5, 5.41) is 9.66. The molecule has 0 heterocycles. The molecule has 0 radical (unpaired) electrons. The van der Waals surface area contributed by atoms with Crippen molar-refractivity contribution < 1.29 is 38.2 Å². The van der Waals surface area contributed by atoms with Crippen molar-refractivity contribution in [3.63, 3.8) is 0 Å². The lowest BCUT2D eigenvalue weighted by atomic mass is 10.0. The average molecular weight is 891 g/mol. The van der Waals surface area contributed by atoms with Crippen molar-refractivity contribution in [1.29, 1.82) is 0 Å². The van der Waals surface area contributed by atoms with E-state index in [9.17, 15) is 19.5 Å². The Balaban J connectivity index is 4.17. The van der Waals surface area contributed by atoms with E-state index >= 15 is 0 Å². The summed E-state index contributed by atoms with van der Waals surface area (Å²) in [6.45, 7) is 4.75. The molecule has 0 aromatic rings. The molecule has 0 aliphatic carbocycles. The van der Waals surface area contributed by atoms with Crippen molar-refractivity contribution in [2.75, 3.05) is 41.0 Å². The fourth-order valence-electron chi connectivity index (χ4n) is 8.18. The topological polar surface area (TPSA) is 99.1 Å². The molecule has 2 atom stereocenters. The van der Waals surface area contributed by atoms with E-state index in [1.807, 2.05) is 21.1 Å². The van der Waals surface area contributed by atoms with Crippen LogP contribution >= 0.6 is 0 Å². The molecule has 8 heteroatoms. The van der Waals surface area contributed by atoms with Crippen molar-refractivity contribution in [1.82, 2.24) is 0 Å². The minimum absolute atomic E-state index is 0.0491. The molecular formula is C55H104NO7+. The zero-order valence-corrected chi connectivity index (χ0v) is 42.3. The van der Waals surface area contributed by atoms with E-state index in [4.69, 9.17) is 14.2 Å². The fourth-order valence-corrected chi connectivity index (χ4v) is 8.18. The number of aliphatic carboxylic acids is 1. The summed E-state index contributed by atoms with van der Waals surface area (Å²) in [7, 11) is 5.54. The Bertz CT molecular complexity index is 1080. The highest BCUT2D eigenvalue weighted by atomic mass is 16.6. The van der Waals surface area contributed by atoms with Crippen LogP contribution in [0.15, 0.2) is 24.3 Å². The Kier molecular flexibility index (Phi) is 44.7. The first-order chi connectivity index (χ1) is 30.6. The Morgan fingerprint density at radius 2 is 0.841 bits per heavy atom. The summed E-state index contributed by atoms with van der Waals surface area (Å²) < 4.78 is 17.4. The number of quaternary nitrogens is 1. The van der Waals surface area contributed by atoms with Gasteiger partial charge in [-0.2, -0.15) is 0 Å². The summed E-state index contributed by atoms with van der Waals surface area (Å²) >= 11 is 0. The number of carbonyl (C=O) groups is 3. The predicted molar refractivity (Wildman–Crippen MR) is 266 cm³/mol. The molecule has 1 N–H and O–H groups in total. The average Bonchev–Trinajstić information content (AvgIpc) is 3.24. The zero-order valence-electron chi connectivity index (χ0n) is 42.3. The Labute approximate surface area is 390 Å². The van der Waals surface area contributed by atoms with Gasteiger partial charge >= 0.3 is 17.9 Å². The molecule has 0 aromatic carbocycles. The van der Waals surface area contributed by atoms with Crippen molar-refractivity contribution in [3.05, 3.63) is 24.3 Å². The number of hydrogen-bond acceptors (Lipinski definition) is 6. The van der Waals surface area contributed by atoms with Crippen LogP contribution in [-0.2, 0) is 28.6 Å². The van der Waals surface area contributed by atoms with Gasteiger partial charge in [-0.1, -0.05) is 218 Å². The first kappa shape index (κ1) is 60.8. The lowest BCUT2D eigenvalue weighted by Crippen LogP contribution is -2.50. The number of hydrogen-bond donors (Lipinski definition) is 1. The molecular weight excluding hydrogens is 787 g/mol. The number of carbonyl (C=O) groups excluding carboxylic acids is 2. The molecule has 0 saturated carbocycles. The van der Waals surface area contributed by atoms with Gasteiger partial charge in [0, 0.05) is 19.3 Å². The van der Waals surface area contributed by atoms with Crippen LogP contribution in [0.1, 0.15) is 258 Å². The van der Waals surface area contributed by atoms with Crippen molar-refractivity contribution in [2.24, 2.45) is 0 Å². The lowest BCUT2D eigenvalue weighted by Gasteiger charge is -2.31. The maximum Gasteiger partial charge on any atom is 0.362 e. The van der Waals surface area contributed by atoms with Gasteiger partial charge in [-0.25, -0.2) is 4.79 Å². The first-order valence-corrected chi connectivity index (χ1v) is 26.9. The highest BCUT2D eigenvalue weighted by Crippen LogP contribution is 2.17. The van der Waals surface area contributed by atoms with Crippen LogP contribution in [0.25, 0.3) is 0 Å². The number of ether oxygens (including phenoxy) is 3. The van der Waals surface area contributed by atoms with Crippen LogP contribution in [0.5, 0.6) is 0 Å². The number of esters is 2. The van der Waals surface area contributed by atoms with Crippen LogP contribution < -0.4 is 0 Å². The molecule has 0 aliphatic rings. The smallest absolute Gasteiger partial charge is 0.362 e. The number of likely N-dealkylation sites (N-methyl/N-ethyl adjacent to an activating group) is 1. The molecule has 0 saturated heterocycles. The SMILES string of the molecule is CCCCC/C=C/C/C=C/CCCCCCCCCC(=O)OC(COCCC(C(=O)O)[N+](C)(C)C)COC(=O)CCCCCCCCCCCCCCCCCCCCCCCC. The van der Waals surface area contributed by atoms with Crippen molar-refractivity contribution in [3.8, 4) is 0 Å². The molecule has 0 aromatic heterocycles. The van der Waals surface area contributed by atoms with E-state index in [2.05, 4.69) is 38.2 Å². The normalized spacial score (nSPS) is 13.0. The number of carboxylic acids is 1. The fraction of sp³-hybridized carbons (Fsp3) is 0.873. The van der Waals surface area contributed by atoms with Gasteiger partial charge in [0.1, 0.15) is 6.61 Å². The number of carboxylic acid groups (broad SMARTS) is 1. The van der Waals surface area contributed by atoms with Gasteiger partial charge in [0.2, 0.25) is 0 Å². The second-order valence-corrected chi connectivity index (χ2v) is 19.5. The highest BCUT2D eigenvalue weighted by Gasteiger charge is 2.31. The van der Waals surface area contributed by atoms with Crippen molar-refractivity contribution in [2.45, 2.75) is 270 Å². The summed E-state index contributed by atoms with van der Waals surface area (Å²) in [4.78, 5) is 37.2. The minimum atomic E-state index is -0.873. The molecule has 8 nitrogen and oxygen atoms in total. The largest absolute Gasteiger partial charge is 0.477 e. The summed E-state index contributed by atoms with van der Waals surface area (Å²) in [5.74, 6) is -1.46. The van der Waals surface area contributed by atoms with Gasteiger partial charge in [-0.15, -0.1) is 0 Å². The molecule has 370 valence electrons. The molecule has 0 amide bonds. The molecule has 0 aliphatic heterocycles. The van der Waals surface area contributed by atoms with Gasteiger partial charge < -0.3 is 23.8 Å². The van der Waals surface area contributed by atoms with E-state index in [0.29, 0.717) is 19.3 Å². The maximum absolute atomic E-state index is 12.8. The number of unbranched alkanes of at least 4 members (excludes halogenated alkanes) is 31. The Hall–Kier alpha value is -2.19. The number of nitrogens with zero attached hydrogens (tertiary/aromatic N) is 1. The molecule has 0 fully saturated rings. The molecule has 0 rings (SSSR count). The van der Waals surface area contributed by atoms with E-state index in [0.717, 1.165) is 51.4 Å². The van der Waals surface area contributed by atoms with Gasteiger partial charge in [0.25, 0.3) is 0 Å². The van der Waals surface area contributed by atoms with Crippen LogP contribution in [0.3, 0.4) is 0 Å². The zero-order chi connectivity index (χ0) is 46.3. The van der Waals surface area contributed by atoms with Gasteiger partial charge in [0.05, 0.1) is 34.4 Å². The highest BCUT2D eigenvalue weighted by molar-refractivity contribution is 5.72. The van der Waals surface area contributed by atoms with Crippen LogP contribution in [0, 0.1) is 0 Å². The molecule has 63 heavy (non-hydrogen) atoms. The third-order valence-electron chi connectivity index (χ3n) is 12.4. The molecule has 2 unspecified atom stereocenters. The molecule has 0 spiro atoms. The Morgan fingerprint density at radius 1 is 0.476 bits per heavy atom. The maximum atomic E-state index is 12.8. The van der Waals surface area contributed by atoms with E-state index < -0.39 is 18.1 Å². The third-order valence-corrected chi connectivity index (χ3v) is 12.4. The van der Waals surface area contributed by atoms with Gasteiger partial charge in [0.15, 0.2) is 12.1 Å². The van der Waals surface area contributed by atoms with E-state index in [1.54, 1.807) is 0 Å².